The first-order valence-electron chi connectivity index (χ1n) is 7.11. The van der Waals surface area contributed by atoms with Gasteiger partial charge in [-0.1, -0.05) is 58.9 Å². The topological polar surface area (TPSA) is 46.0 Å². The fraction of sp³-hybridized carbons (Fsp3) is 0.438. The predicted octanol–water partition coefficient (Wildman–Crippen LogP) is 4.24. The van der Waals surface area contributed by atoms with Crippen molar-refractivity contribution in [2.45, 2.75) is 46.0 Å². The van der Waals surface area contributed by atoms with Gasteiger partial charge in [0.25, 0.3) is 0 Å². The first-order valence-corrected chi connectivity index (χ1v) is 7.52. The van der Waals surface area contributed by atoms with E-state index in [0.29, 0.717) is 4.77 Å². The van der Waals surface area contributed by atoms with E-state index in [0.717, 1.165) is 11.4 Å². The van der Waals surface area contributed by atoms with Crippen molar-refractivity contribution in [2.75, 3.05) is 0 Å². The van der Waals surface area contributed by atoms with Crippen molar-refractivity contribution in [3.63, 3.8) is 0 Å². The normalized spacial score (nSPS) is 12.5. The summed E-state index contributed by atoms with van der Waals surface area (Å²) in [6, 6.07) is 8.42. The third-order valence-corrected chi connectivity index (χ3v) is 3.56. The highest BCUT2D eigenvalue weighted by Crippen LogP contribution is 2.21. The molecule has 0 aliphatic carbocycles. The monoisotopic (exact) mass is 302 g/mol. The first kappa shape index (κ1) is 15.6. The SMILES string of the molecule is CC(C)c1n[nH]c(=S)n1/N=C\c1ccc(C(C)(C)C)cc1. The standard InChI is InChI=1S/C16H22N4S/c1-11(2)14-18-19-15(21)20(14)17-10-12-6-8-13(9-7-12)16(3,4)5/h6-11H,1-5H3,(H,19,21)/b17-10-. The molecule has 0 aliphatic rings. The van der Waals surface area contributed by atoms with Crippen molar-refractivity contribution in [3.8, 4) is 0 Å². The van der Waals surface area contributed by atoms with Gasteiger partial charge in [0.15, 0.2) is 5.82 Å². The summed E-state index contributed by atoms with van der Waals surface area (Å²) in [5, 5.41) is 11.4. The number of benzene rings is 1. The molecule has 0 atom stereocenters. The highest BCUT2D eigenvalue weighted by atomic mass is 32.1. The Bertz CT molecular complexity index is 684. The van der Waals surface area contributed by atoms with Crippen LogP contribution in [0.25, 0.3) is 0 Å². The van der Waals surface area contributed by atoms with E-state index < -0.39 is 0 Å². The van der Waals surface area contributed by atoms with Gasteiger partial charge in [0.1, 0.15) is 0 Å². The molecule has 1 heterocycles. The number of aromatic amines is 1. The van der Waals surface area contributed by atoms with Crippen LogP contribution >= 0.6 is 12.2 Å². The van der Waals surface area contributed by atoms with Crippen LogP contribution in [0.5, 0.6) is 0 Å². The molecule has 0 saturated heterocycles. The number of hydrogen-bond donors (Lipinski definition) is 1. The molecule has 5 heteroatoms. The predicted molar refractivity (Wildman–Crippen MR) is 89.6 cm³/mol. The number of rotatable bonds is 3. The zero-order valence-corrected chi connectivity index (χ0v) is 14.0. The molecule has 0 amide bonds. The molecule has 2 rings (SSSR count). The minimum absolute atomic E-state index is 0.160. The molecule has 0 spiro atoms. The van der Waals surface area contributed by atoms with Crippen LogP contribution in [-0.2, 0) is 5.41 Å². The second-order valence-corrected chi connectivity index (χ2v) is 6.86. The largest absolute Gasteiger partial charge is 0.250 e. The zero-order chi connectivity index (χ0) is 15.6. The molecular weight excluding hydrogens is 280 g/mol. The second-order valence-electron chi connectivity index (χ2n) is 6.47. The highest BCUT2D eigenvalue weighted by molar-refractivity contribution is 7.71. The van der Waals surface area contributed by atoms with Crippen LogP contribution in [-0.4, -0.2) is 21.1 Å². The number of hydrogen-bond acceptors (Lipinski definition) is 3. The average Bonchev–Trinajstić information content (AvgIpc) is 2.77. The molecule has 1 aromatic heterocycles. The highest BCUT2D eigenvalue weighted by Gasteiger charge is 2.12. The number of H-pyrrole nitrogens is 1. The van der Waals surface area contributed by atoms with Gasteiger partial charge in [-0.25, -0.2) is 0 Å². The summed E-state index contributed by atoms with van der Waals surface area (Å²) in [4.78, 5) is 0. The van der Waals surface area contributed by atoms with Crippen molar-refractivity contribution in [1.29, 1.82) is 0 Å². The Morgan fingerprint density at radius 3 is 2.38 bits per heavy atom. The van der Waals surface area contributed by atoms with E-state index >= 15 is 0 Å². The van der Waals surface area contributed by atoms with E-state index in [1.807, 2.05) is 6.21 Å². The van der Waals surface area contributed by atoms with Crippen molar-refractivity contribution in [2.24, 2.45) is 5.10 Å². The molecule has 1 N–H and O–H groups in total. The average molecular weight is 302 g/mol. The Labute approximate surface area is 130 Å². The van der Waals surface area contributed by atoms with Crippen LogP contribution in [0.3, 0.4) is 0 Å². The Balaban J connectivity index is 2.26. The lowest BCUT2D eigenvalue weighted by Crippen LogP contribution is -2.10. The van der Waals surface area contributed by atoms with Crippen LogP contribution in [0, 0.1) is 4.77 Å². The third kappa shape index (κ3) is 3.67. The van der Waals surface area contributed by atoms with Crippen molar-refractivity contribution in [1.82, 2.24) is 14.9 Å². The van der Waals surface area contributed by atoms with E-state index in [1.54, 1.807) is 4.68 Å². The lowest BCUT2D eigenvalue weighted by Gasteiger charge is -2.18. The molecule has 0 aliphatic heterocycles. The second kappa shape index (κ2) is 5.93. The van der Waals surface area contributed by atoms with Gasteiger partial charge in [-0.15, -0.1) is 0 Å². The Morgan fingerprint density at radius 1 is 1.24 bits per heavy atom. The molecule has 112 valence electrons. The van der Waals surface area contributed by atoms with E-state index in [9.17, 15) is 0 Å². The lowest BCUT2D eigenvalue weighted by molar-refractivity contribution is 0.590. The maximum absolute atomic E-state index is 5.21. The Kier molecular flexibility index (Phi) is 4.42. The van der Waals surface area contributed by atoms with Gasteiger partial charge in [-0.2, -0.15) is 14.9 Å². The Hall–Kier alpha value is -1.75. The molecule has 1 aromatic carbocycles. The summed E-state index contributed by atoms with van der Waals surface area (Å²) in [6.45, 7) is 10.7. The van der Waals surface area contributed by atoms with Gasteiger partial charge in [0.05, 0.1) is 6.21 Å². The van der Waals surface area contributed by atoms with Crippen LogP contribution in [0.15, 0.2) is 29.4 Å². The summed E-state index contributed by atoms with van der Waals surface area (Å²) in [6.07, 6.45) is 1.81. The summed E-state index contributed by atoms with van der Waals surface area (Å²) < 4.78 is 2.19. The molecule has 0 fully saturated rings. The van der Waals surface area contributed by atoms with Crippen LogP contribution < -0.4 is 0 Å². The molecule has 21 heavy (non-hydrogen) atoms. The van der Waals surface area contributed by atoms with E-state index in [1.165, 1.54) is 5.56 Å². The Morgan fingerprint density at radius 2 is 1.86 bits per heavy atom. The maximum atomic E-state index is 5.21. The van der Waals surface area contributed by atoms with Crippen LogP contribution in [0.4, 0.5) is 0 Å². The van der Waals surface area contributed by atoms with Crippen molar-refractivity contribution >= 4 is 18.4 Å². The molecule has 4 nitrogen and oxygen atoms in total. The fourth-order valence-corrected chi connectivity index (χ4v) is 2.17. The van der Waals surface area contributed by atoms with Gasteiger partial charge < -0.3 is 0 Å². The van der Waals surface area contributed by atoms with Crippen LogP contribution in [0.1, 0.15) is 57.5 Å². The first-order chi connectivity index (χ1) is 9.79. The molecule has 0 saturated carbocycles. The van der Waals surface area contributed by atoms with Crippen molar-refractivity contribution < 1.29 is 0 Å². The maximum Gasteiger partial charge on any atom is 0.216 e. The third-order valence-electron chi connectivity index (χ3n) is 3.29. The lowest BCUT2D eigenvalue weighted by atomic mass is 9.87. The molecule has 0 bridgehead atoms. The quantitative estimate of drug-likeness (QED) is 0.680. The number of nitrogens with one attached hydrogen (secondary N) is 1. The smallest absolute Gasteiger partial charge is 0.216 e. The van der Waals surface area contributed by atoms with E-state index in [2.05, 4.69) is 74.2 Å². The molecular formula is C16H22N4S. The summed E-state index contributed by atoms with van der Waals surface area (Å²) in [5.41, 5.74) is 2.51. The van der Waals surface area contributed by atoms with Crippen LogP contribution in [0.2, 0.25) is 0 Å². The molecule has 2 aromatic rings. The van der Waals surface area contributed by atoms with Gasteiger partial charge in [0.2, 0.25) is 4.77 Å². The number of nitrogens with zero attached hydrogens (tertiary/aromatic N) is 3. The van der Waals surface area contributed by atoms with Gasteiger partial charge >= 0.3 is 0 Å². The van der Waals surface area contributed by atoms with Gasteiger partial charge in [0, 0.05) is 5.92 Å². The summed E-state index contributed by atoms with van der Waals surface area (Å²) >= 11 is 5.21. The summed E-state index contributed by atoms with van der Waals surface area (Å²) in [7, 11) is 0. The van der Waals surface area contributed by atoms with Crippen molar-refractivity contribution in [3.05, 3.63) is 46.0 Å². The minimum atomic E-state index is 0.160. The fourth-order valence-electron chi connectivity index (χ4n) is 1.98. The molecule has 0 unspecified atom stereocenters. The molecule has 0 radical (unpaired) electrons. The minimum Gasteiger partial charge on any atom is -0.250 e. The van der Waals surface area contributed by atoms with Gasteiger partial charge in [-0.05, 0) is 28.8 Å². The number of aromatic nitrogens is 3. The summed E-state index contributed by atoms with van der Waals surface area (Å²) in [5.74, 6) is 1.10. The zero-order valence-electron chi connectivity index (χ0n) is 13.2. The van der Waals surface area contributed by atoms with E-state index in [-0.39, 0.29) is 11.3 Å². The van der Waals surface area contributed by atoms with E-state index in [4.69, 9.17) is 12.2 Å². The van der Waals surface area contributed by atoms with Gasteiger partial charge in [-0.3, -0.25) is 5.10 Å².